The number of hydrogen-bond acceptors (Lipinski definition) is 4. The molecule has 1 aliphatic carbocycles. The summed E-state index contributed by atoms with van der Waals surface area (Å²) in [6, 6.07) is 9.84. The molecule has 0 radical (unpaired) electrons. The molecule has 1 atom stereocenters. The number of carbonyl (C=O) groups is 1. The number of benzene rings is 1. The first-order chi connectivity index (χ1) is 9.58. The van der Waals surface area contributed by atoms with Crippen LogP contribution in [-0.4, -0.2) is 43.7 Å². The Bertz CT molecular complexity index is 448. The summed E-state index contributed by atoms with van der Waals surface area (Å²) in [6.45, 7) is 1.82. The van der Waals surface area contributed by atoms with E-state index in [1.807, 2.05) is 30.3 Å². The SMILES string of the molecule is COCCN(CC(N)(C(N)=O)c1ccccc1)C1CC1. The van der Waals surface area contributed by atoms with E-state index in [9.17, 15) is 4.79 Å². The van der Waals surface area contributed by atoms with E-state index < -0.39 is 11.4 Å². The maximum absolute atomic E-state index is 11.9. The Labute approximate surface area is 119 Å². The van der Waals surface area contributed by atoms with Crippen molar-refractivity contribution in [1.82, 2.24) is 4.90 Å². The predicted octanol–water partition coefficient (Wildman–Crippen LogP) is 0.437. The summed E-state index contributed by atoms with van der Waals surface area (Å²) in [4.78, 5) is 14.1. The molecule has 1 aromatic rings. The maximum atomic E-state index is 11.9. The van der Waals surface area contributed by atoms with Crippen LogP contribution in [0.4, 0.5) is 0 Å². The van der Waals surface area contributed by atoms with Gasteiger partial charge in [0.1, 0.15) is 5.54 Å². The molecule has 1 amide bonds. The molecule has 0 aromatic heterocycles. The molecule has 0 heterocycles. The summed E-state index contributed by atoms with van der Waals surface area (Å²) in [5, 5.41) is 0. The fourth-order valence-electron chi connectivity index (χ4n) is 2.41. The fraction of sp³-hybridized carbons (Fsp3) is 0.533. The number of nitrogens with zero attached hydrogens (tertiary/aromatic N) is 1. The predicted molar refractivity (Wildman–Crippen MR) is 78.0 cm³/mol. The fourth-order valence-corrected chi connectivity index (χ4v) is 2.41. The zero-order valence-corrected chi connectivity index (χ0v) is 11.9. The van der Waals surface area contributed by atoms with E-state index in [0.29, 0.717) is 19.2 Å². The quantitative estimate of drug-likeness (QED) is 0.722. The molecule has 110 valence electrons. The van der Waals surface area contributed by atoms with Crippen molar-refractivity contribution >= 4 is 5.91 Å². The van der Waals surface area contributed by atoms with Gasteiger partial charge in [-0.3, -0.25) is 9.69 Å². The first-order valence-corrected chi connectivity index (χ1v) is 6.95. The van der Waals surface area contributed by atoms with Crippen molar-refractivity contribution in [3.05, 3.63) is 35.9 Å². The third-order valence-corrected chi connectivity index (χ3v) is 3.83. The Hall–Kier alpha value is -1.43. The third-order valence-electron chi connectivity index (χ3n) is 3.83. The number of methoxy groups -OCH3 is 1. The molecule has 0 bridgehead atoms. The molecule has 1 unspecified atom stereocenters. The summed E-state index contributed by atoms with van der Waals surface area (Å²) in [6.07, 6.45) is 2.29. The molecule has 4 N–H and O–H groups in total. The lowest BCUT2D eigenvalue weighted by Gasteiger charge is -2.33. The summed E-state index contributed by atoms with van der Waals surface area (Å²) in [7, 11) is 1.67. The van der Waals surface area contributed by atoms with Gasteiger partial charge < -0.3 is 16.2 Å². The molecule has 0 spiro atoms. The second-order valence-electron chi connectivity index (χ2n) is 5.40. The Morgan fingerprint density at radius 3 is 2.55 bits per heavy atom. The van der Waals surface area contributed by atoms with Crippen LogP contribution in [0.25, 0.3) is 0 Å². The lowest BCUT2D eigenvalue weighted by molar-refractivity contribution is -0.124. The van der Waals surface area contributed by atoms with Crippen molar-refractivity contribution < 1.29 is 9.53 Å². The Kier molecular flexibility index (Phi) is 4.75. The number of nitrogens with two attached hydrogens (primary N) is 2. The van der Waals surface area contributed by atoms with Crippen LogP contribution in [0.3, 0.4) is 0 Å². The Balaban J connectivity index is 2.17. The standard InChI is InChI=1S/C15H23N3O2/c1-20-10-9-18(13-7-8-13)11-15(17,14(16)19)12-5-3-2-4-6-12/h2-6,13H,7-11,17H2,1H3,(H2,16,19). The van der Waals surface area contributed by atoms with Gasteiger partial charge in [-0.05, 0) is 18.4 Å². The van der Waals surface area contributed by atoms with Crippen LogP contribution in [0, 0.1) is 0 Å². The summed E-state index contributed by atoms with van der Waals surface area (Å²) in [5.41, 5.74) is 11.5. The van der Waals surface area contributed by atoms with Crippen LogP contribution >= 0.6 is 0 Å². The van der Waals surface area contributed by atoms with Gasteiger partial charge in [0.05, 0.1) is 6.61 Å². The van der Waals surface area contributed by atoms with Gasteiger partial charge in [-0.15, -0.1) is 0 Å². The van der Waals surface area contributed by atoms with Crippen LogP contribution in [0.2, 0.25) is 0 Å². The normalized spacial score (nSPS) is 17.9. The molecule has 1 aliphatic rings. The van der Waals surface area contributed by atoms with Crippen LogP contribution in [0.1, 0.15) is 18.4 Å². The van der Waals surface area contributed by atoms with Gasteiger partial charge in [0.25, 0.3) is 0 Å². The lowest BCUT2D eigenvalue weighted by Crippen LogP contribution is -2.57. The molecule has 1 saturated carbocycles. The molecule has 1 fully saturated rings. The number of amides is 1. The van der Waals surface area contributed by atoms with E-state index in [2.05, 4.69) is 4.90 Å². The molecular formula is C15H23N3O2. The molecular weight excluding hydrogens is 254 g/mol. The van der Waals surface area contributed by atoms with Gasteiger partial charge in [-0.2, -0.15) is 0 Å². The van der Waals surface area contributed by atoms with Crippen molar-refractivity contribution in [2.75, 3.05) is 26.8 Å². The Morgan fingerprint density at radius 2 is 2.05 bits per heavy atom. The number of primary amides is 1. The average Bonchev–Trinajstić information content (AvgIpc) is 3.28. The van der Waals surface area contributed by atoms with E-state index in [0.717, 1.165) is 24.9 Å². The van der Waals surface area contributed by atoms with Gasteiger partial charge in [0.15, 0.2) is 0 Å². The van der Waals surface area contributed by atoms with Crippen molar-refractivity contribution in [2.45, 2.75) is 24.4 Å². The molecule has 20 heavy (non-hydrogen) atoms. The highest BCUT2D eigenvalue weighted by molar-refractivity contribution is 5.86. The molecule has 0 saturated heterocycles. The maximum Gasteiger partial charge on any atom is 0.243 e. The second kappa shape index (κ2) is 6.35. The van der Waals surface area contributed by atoms with Crippen molar-refractivity contribution in [3.8, 4) is 0 Å². The van der Waals surface area contributed by atoms with Crippen molar-refractivity contribution in [2.24, 2.45) is 11.5 Å². The minimum atomic E-state index is -1.16. The van der Waals surface area contributed by atoms with Crippen molar-refractivity contribution in [1.29, 1.82) is 0 Å². The largest absolute Gasteiger partial charge is 0.383 e. The molecule has 1 aromatic carbocycles. The van der Waals surface area contributed by atoms with Gasteiger partial charge in [-0.1, -0.05) is 30.3 Å². The number of ether oxygens (including phenoxy) is 1. The zero-order chi connectivity index (χ0) is 14.6. The van der Waals surface area contributed by atoms with Gasteiger partial charge in [0, 0.05) is 26.2 Å². The minimum absolute atomic E-state index is 0.431. The summed E-state index contributed by atoms with van der Waals surface area (Å²) in [5.74, 6) is -0.494. The van der Waals surface area contributed by atoms with Crippen molar-refractivity contribution in [3.63, 3.8) is 0 Å². The number of carbonyl (C=O) groups excluding carboxylic acids is 1. The van der Waals surface area contributed by atoms with E-state index >= 15 is 0 Å². The molecule has 5 heteroatoms. The zero-order valence-electron chi connectivity index (χ0n) is 11.9. The average molecular weight is 277 g/mol. The minimum Gasteiger partial charge on any atom is -0.383 e. The van der Waals surface area contributed by atoms with Crippen LogP contribution in [-0.2, 0) is 15.1 Å². The van der Waals surface area contributed by atoms with Gasteiger partial charge in [0.2, 0.25) is 5.91 Å². The summed E-state index contributed by atoms with van der Waals surface area (Å²) >= 11 is 0. The van der Waals surface area contributed by atoms with Crippen LogP contribution in [0.15, 0.2) is 30.3 Å². The van der Waals surface area contributed by atoms with E-state index in [-0.39, 0.29) is 0 Å². The third kappa shape index (κ3) is 3.36. The van der Waals surface area contributed by atoms with E-state index in [1.165, 1.54) is 0 Å². The molecule has 0 aliphatic heterocycles. The smallest absolute Gasteiger partial charge is 0.243 e. The first kappa shape index (κ1) is 15.0. The van der Waals surface area contributed by atoms with Crippen LogP contribution in [0.5, 0.6) is 0 Å². The topological polar surface area (TPSA) is 81.6 Å². The highest BCUT2D eigenvalue weighted by atomic mass is 16.5. The lowest BCUT2D eigenvalue weighted by atomic mass is 9.89. The van der Waals surface area contributed by atoms with E-state index in [1.54, 1.807) is 7.11 Å². The molecule has 2 rings (SSSR count). The monoisotopic (exact) mass is 277 g/mol. The molecule has 5 nitrogen and oxygen atoms in total. The van der Waals surface area contributed by atoms with E-state index in [4.69, 9.17) is 16.2 Å². The Morgan fingerprint density at radius 1 is 1.40 bits per heavy atom. The first-order valence-electron chi connectivity index (χ1n) is 6.95. The number of hydrogen-bond donors (Lipinski definition) is 2. The highest BCUT2D eigenvalue weighted by Gasteiger charge is 2.40. The second-order valence-corrected chi connectivity index (χ2v) is 5.40. The van der Waals surface area contributed by atoms with Gasteiger partial charge in [-0.25, -0.2) is 0 Å². The van der Waals surface area contributed by atoms with Gasteiger partial charge >= 0.3 is 0 Å². The highest BCUT2D eigenvalue weighted by Crippen LogP contribution is 2.30. The van der Waals surface area contributed by atoms with Crippen LogP contribution < -0.4 is 11.5 Å². The number of rotatable bonds is 8. The summed E-state index contributed by atoms with van der Waals surface area (Å²) < 4.78 is 5.13.